The van der Waals surface area contributed by atoms with Gasteiger partial charge in [-0.15, -0.1) is 0 Å². The molecule has 1 fully saturated rings. The molecule has 0 saturated carbocycles. The van der Waals surface area contributed by atoms with Crippen LogP contribution in [0.15, 0.2) is 16.8 Å². The molecule has 1 saturated heterocycles. The van der Waals surface area contributed by atoms with Gasteiger partial charge in [-0.25, -0.2) is 0 Å². The van der Waals surface area contributed by atoms with Crippen LogP contribution in [0.1, 0.15) is 30.8 Å². The van der Waals surface area contributed by atoms with Gasteiger partial charge in [0.05, 0.1) is 6.20 Å². The standard InChI is InChI=1S/C11H16N2O2/c1-8-5-9(2)7-13(6-8)11(14)10-3-4-12-15-10/h3-4,8-9H,5-7H2,1-2H3. The lowest BCUT2D eigenvalue weighted by atomic mass is 9.92. The molecule has 0 aliphatic carbocycles. The molecule has 0 spiro atoms. The van der Waals surface area contributed by atoms with Crippen LogP contribution in [0.4, 0.5) is 0 Å². The van der Waals surface area contributed by atoms with Gasteiger partial charge in [-0.1, -0.05) is 19.0 Å². The van der Waals surface area contributed by atoms with Crippen LogP contribution in [0.2, 0.25) is 0 Å². The highest BCUT2D eigenvalue weighted by molar-refractivity contribution is 5.91. The number of rotatable bonds is 1. The van der Waals surface area contributed by atoms with Crippen LogP contribution < -0.4 is 0 Å². The average Bonchev–Trinajstić information content (AvgIpc) is 2.67. The van der Waals surface area contributed by atoms with Gasteiger partial charge >= 0.3 is 0 Å². The van der Waals surface area contributed by atoms with E-state index in [0.29, 0.717) is 17.6 Å². The molecule has 0 N–H and O–H groups in total. The number of nitrogens with zero attached hydrogens (tertiary/aromatic N) is 2. The Morgan fingerprint density at radius 3 is 2.67 bits per heavy atom. The van der Waals surface area contributed by atoms with E-state index >= 15 is 0 Å². The highest BCUT2D eigenvalue weighted by atomic mass is 16.5. The Labute approximate surface area is 89.2 Å². The maximum Gasteiger partial charge on any atom is 0.292 e. The van der Waals surface area contributed by atoms with Crippen molar-refractivity contribution in [2.45, 2.75) is 20.3 Å². The number of carbonyl (C=O) groups excluding carboxylic acids is 1. The molecule has 2 rings (SSSR count). The third kappa shape index (κ3) is 2.19. The summed E-state index contributed by atoms with van der Waals surface area (Å²) in [7, 11) is 0. The van der Waals surface area contributed by atoms with Crippen LogP contribution in [0.3, 0.4) is 0 Å². The fourth-order valence-electron chi connectivity index (χ4n) is 2.31. The van der Waals surface area contributed by atoms with E-state index in [1.807, 2.05) is 4.90 Å². The molecular formula is C11H16N2O2. The fraction of sp³-hybridized carbons (Fsp3) is 0.636. The predicted octanol–water partition coefficient (Wildman–Crippen LogP) is 1.79. The lowest BCUT2D eigenvalue weighted by Crippen LogP contribution is -2.42. The van der Waals surface area contributed by atoms with Crippen molar-refractivity contribution >= 4 is 5.91 Å². The van der Waals surface area contributed by atoms with Gasteiger partial charge in [-0.05, 0) is 18.3 Å². The number of carbonyl (C=O) groups is 1. The van der Waals surface area contributed by atoms with Crippen molar-refractivity contribution < 1.29 is 9.32 Å². The molecule has 1 aliphatic rings. The second-order valence-corrected chi connectivity index (χ2v) is 4.53. The number of hydrogen-bond donors (Lipinski definition) is 0. The lowest BCUT2D eigenvalue weighted by Gasteiger charge is -2.34. The zero-order valence-corrected chi connectivity index (χ0v) is 9.14. The van der Waals surface area contributed by atoms with E-state index in [4.69, 9.17) is 4.52 Å². The highest BCUT2D eigenvalue weighted by Crippen LogP contribution is 2.22. The largest absolute Gasteiger partial charge is 0.351 e. The predicted molar refractivity (Wildman–Crippen MR) is 55.4 cm³/mol. The number of piperidine rings is 1. The first kappa shape index (κ1) is 10.2. The highest BCUT2D eigenvalue weighted by Gasteiger charge is 2.27. The zero-order chi connectivity index (χ0) is 10.8. The molecule has 4 nitrogen and oxygen atoms in total. The lowest BCUT2D eigenvalue weighted by molar-refractivity contribution is 0.0582. The zero-order valence-electron chi connectivity index (χ0n) is 9.14. The summed E-state index contributed by atoms with van der Waals surface area (Å²) in [4.78, 5) is 13.8. The minimum absolute atomic E-state index is 0.0362. The summed E-state index contributed by atoms with van der Waals surface area (Å²) >= 11 is 0. The van der Waals surface area contributed by atoms with E-state index in [1.165, 1.54) is 12.6 Å². The van der Waals surface area contributed by atoms with Gasteiger partial charge in [0.25, 0.3) is 5.91 Å². The molecule has 1 aliphatic heterocycles. The van der Waals surface area contributed by atoms with E-state index in [2.05, 4.69) is 19.0 Å². The van der Waals surface area contributed by atoms with Gasteiger partial charge < -0.3 is 9.42 Å². The maximum atomic E-state index is 11.9. The van der Waals surface area contributed by atoms with Crippen LogP contribution in [-0.2, 0) is 0 Å². The molecule has 2 atom stereocenters. The van der Waals surface area contributed by atoms with Crippen LogP contribution in [0.25, 0.3) is 0 Å². The smallest absolute Gasteiger partial charge is 0.292 e. The summed E-state index contributed by atoms with van der Waals surface area (Å²) in [6.07, 6.45) is 2.70. The van der Waals surface area contributed by atoms with Crippen molar-refractivity contribution in [3.8, 4) is 0 Å². The van der Waals surface area contributed by atoms with Crippen LogP contribution in [-0.4, -0.2) is 29.1 Å². The monoisotopic (exact) mass is 208 g/mol. The molecule has 1 aromatic rings. The minimum atomic E-state index is -0.0362. The second-order valence-electron chi connectivity index (χ2n) is 4.53. The third-order valence-electron chi connectivity index (χ3n) is 2.80. The Balaban J connectivity index is 2.07. The maximum absolute atomic E-state index is 11.9. The first-order valence-corrected chi connectivity index (χ1v) is 5.36. The normalized spacial score (nSPS) is 26.7. The first-order valence-electron chi connectivity index (χ1n) is 5.36. The summed E-state index contributed by atoms with van der Waals surface area (Å²) in [6, 6.07) is 1.62. The van der Waals surface area contributed by atoms with Crippen molar-refractivity contribution in [3.63, 3.8) is 0 Å². The van der Waals surface area contributed by atoms with Crippen LogP contribution in [0.5, 0.6) is 0 Å². The van der Waals surface area contributed by atoms with Gasteiger partial charge in [0.2, 0.25) is 5.76 Å². The number of aromatic nitrogens is 1. The number of amides is 1. The third-order valence-corrected chi connectivity index (χ3v) is 2.80. The van der Waals surface area contributed by atoms with Crippen molar-refractivity contribution in [1.82, 2.24) is 10.1 Å². The molecule has 1 amide bonds. The van der Waals surface area contributed by atoms with E-state index < -0.39 is 0 Å². The first-order chi connectivity index (χ1) is 7.16. The summed E-state index contributed by atoms with van der Waals surface area (Å²) in [5, 5.41) is 3.55. The topological polar surface area (TPSA) is 46.3 Å². The second kappa shape index (κ2) is 4.04. The van der Waals surface area contributed by atoms with Gasteiger partial charge in [0.1, 0.15) is 0 Å². The molecule has 0 radical (unpaired) electrons. The van der Waals surface area contributed by atoms with Gasteiger partial charge in [-0.2, -0.15) is 0 Å². The van der Waals surface area contributed by atoms with Crippen molar-refractivity contribution in [1.29, 1.82) is 0 Å². The molecule has 1 aromatic heterocycles. The number of hydrogen-bond acceptors (Lipinski definition) is 3. The van der Waals surface area contributed by atoms with E-state index in [9.17, 15) is 4.79 Å². The molecule has 4 heteroatoms. The SMILES string of the molecule is CC1CC(C)CN(C(=O)c2ccno2)C1. The van der Waals surface area contributed by atoms with Crippen LogP contribution >= 0.6 is 0 Å². The van der Waals surface area contributed by atoms with Gasteiger partial charge in [-0.3, -0.25) is 4.79 Å². The molecule has 0 aromatic carbocycles. The van der Waals surface area contributed by atoms with Gasteiger partial charge in [0.15, 0.2) is 0 Å². The summed E-state index contributed by atoms with van der Waals surface area (Å²) in [5.74, 6) is 1.45. The summed E-state index contributed by atoms with van der Waals surface area (Å²) in [6.45, 7) is 6.00. The van der Waals surface area contributed by atoms with Gasteiger partial charge in [0, 0.05) is 19.2 Å². The molecule has 2 unspecified atom stereocenters. The minimum Gasteiger partial charge on any atom is -0.351 e. The molecule has 0 bridgehead atoms. The number of likely N-dealkylation sites (tertiary alicyclic amines) is 1. The van der Waals surface area contributed by atoms with E-state index in [1.54, 1.807) is 6.07 Å². The summed E-state index contributed by atoms with van der Waals surface area (Å²) in [5.41, 5.74) is 0. The Kier molecular flexibility index (Phi) is 2.75. The van der Waals surface area contributed by atoms with E-state index in [-0.39, 0.29) is 5.91 Å². The fourth-order valence-corrected chi connectivity index (χ4v) is 2.31. The average molecular weight is 208 g/mol. The molecular weight excluding hydrogens is 192 g/mol. The Bertz CT molecular complexity index is 324. The Morgan fingerprint density at radius 1 is 1.47 bits per heavy atom. The van der Waals surface area contributed by atoms with Crippen molar-refractivity contribution in [2.24, 2.45) is 11.8 Å². The quantitative estimate of drug-likeness (QED) is 0.707. The molecule has 82 valence electrons. The van der Waals surface area contributed by atoms with Crippen molar-refractivity contribution in [3.05, 3.63) is 18.0 Å². The van der Waals surface area contributed by atoms with E-state index in [0.717, 1.165) is 13.1 Å². The Hall–Kier alpha value is -1.32. The molecule has 15 heavy (non-hydrogen) atoms. The molecule has 2 heterocycles. The summed E-state index contributed by atoms with van der Waals surface area (Å²) < 4.78 is 4.88. The van der Waals surface area contributed by atoms with Crippen LogP contribution in [0, 0.1) is 11.8 Å². The Morgan fingerprint density at radius 2 is 2.13 bits per heavy atom. The van der Waals surface area contributed by atoms with Crippen molar-refractivity contribution in [2.75, 3.05) is 13.1 Å².